The van der Waals surface area contributed by atoms with E-state index < -0.39 is 12.0 Å². The van der Waals surface area contributed by atoms with Gasteiger partial charge in [-0.1, -0.05) is 6.92 Å². The number of carbonyl (C=O) groups is 1. The van der Waals surface area contributed by atoms with Crippen LogP contribution in [-0.4, -0.2) is 31.3 Å². The monoisotopic (exact) mass is 286 g/mol. The maximum Gasteiger partial charge on any atom is 0.328 e. The van der Waals surface area contributed by atoms with Crippen LogP contribution in [0.4, 0.5) is 0 Å². The second kappa shape index (κ2) is 5.32. The Kier molecular flexibility index (Phi) is 3.93. The number of fused-ring (bicyclic) bond motifs is 1. The van der Waals surface area contributed by atoms with Crippen molar-refractivity contribution in [2.45, 2.75) is 44.7 Å². The first-order valence-corrected chi connectivity index (χ1v) is 7.04. The molecule has 0 bridgehead atoms. The number of aromatic nitrogens is 2. The van der Waals surface area contributed by atoms with Gasteiger partial charge in [-0.2, -0.15) is 12.6 Å². The van der Waals surface area contributed by atoms with Crippen molar-refractivity contribution in [3.63, 3.8) is 0 Å². The maximum absolute atomic E-state index is 12.3. The lowest BCUT2D eigenvalue weighted by Crippen LogP contribution is -2.37. The van der Waals surface area contributed by atoms with Crippen molar-refractivity contribution in [1.82, 2.24) is 9.36 Å². The van der Waals surface area contributed by atoms with Crippen molar-refractivity contribution in [3.05, 3.63) is 15.9 Å². The third-order valence-electron chi connectivity index (χ3n) is 3.72. The van der Waals surface area contributed by atoms with E-state index in [9.17, 15) is 19.8 Å². The summed E-state index contributed by atoms with van der Waals surface area (Å²) < 4.78 is 2.66. The summed E-state index contributed by atoms with van der Waals surface area (Å²) in [6.45, 7) is 1.95. The number of thiol groups is 1. The van der Waals surface area contributed by atoms with Crippen LogP contribution in [0.15, 0.2) is 4.79 Å². The highest BCUT2D eigenvalue weighted by atomic mass is 32.1. The van der Waals surface area contributed by atoms with Gasteiger partial charge in [0.2, 0.25) is 5.88 Å². The summed E-state index contributed by atoms with van der Waals surface area (Å²) in [5, 5.41) is 19.4. The van der Waals surface area contributed by atoms with E-state index in [-0.39, 0.29) is 23.0 Å². The number of aromatic hydroxyl groups is 1. The minimum absolute atomic E-state index is 0.0531. The first-order valence-electron chi connectivity index (χ1n) is 6.41. The number of aliphatic carboxylic acids is 1. The molecule has 1 aliphatic rings. The van der Waals surface area contributed by atoms with Gasteiger partial charge in [0.15, 0.2) is 6.04 Å². The van der Waals surface area contributed by atoms with E-state index in [0.717, 1.165) is 6.42 Å². The van der Waals surface area contributed by atoms with Gasteiger partial charge in [-0.25, -0.2) is 14.2 Å². The molecule has 0 aromatic carbocycles. The lowest BCUT2D eigenvalue weighted by atomic mass is 10.0. The molecule has 6 nitrogen and oxygen atoms in total. The van der Waals surface area contributed by atoms with Gasteiger partial charge < -0.3 is 10.2 Å². The van der Waals surface area contributed by atoms with E-state index >= 15 is 0 Å². The highest BCUT2D eigenvalue weighted by Gasteiger charge is 2.35. The first-order chi connectivity index (χ1) is 9.02. The fourth-order valence-corrected chi connectivity index (χ4v) is 2.97. The number of carboxylic acids is 1. The quantitative estimate of drug-likeness (QED) is 0.726. The van der Waals surface area contributed by atoms with Gasteiger partial charge in [0.25, 0.3) is 5.56 Å². The summed E-state index contributed by atoms with van der Waals surface area (Å²) in [6.07, 6.45) is 2.13. The Morgan fingerprint density at radius 3 is 2.63 bits per heavy atom. The molecule has 2 rings (SSSR count). The molecule has 0 saturated heterocycles. The Hall–Kier alpha value is -1.37. The zero-order valence-electron chi connectivity index (χ0n) is 10.7. The second-order valence-corrected chi connectivity index (χ2v) is 5.21. The molecular formula is C12H18N2O4S. The third-order valence-corrected chi connectivity index (χ3v) is 3.94. The molecule has 2 heterocycles. The van der Waals surface area contributed by atoms with E-state index in [1.165, 1.54) is 9.36 Å². The lowest BCUT2D eigenvalue weighted by Gasteiger charge is -2.30. The molecular weight excluding hydrogens is 268 g/mol. The molecule has 0 aliphatic carbocycles. The number of hydrogen-bond donors (Lipinski definition) is 3. The number of hydrogen-bond acceptors (Lipinski definition) is 4. The largest absolute Gasteiger partial charge is 0.493 e. The van der Waals surface area contributed by atoms with Crippen LogP contribution in [0.5, 0.6) is 5.88 Å². The third kappa shape index (κ3) is 2.16. The minimum atomic E-state index is -1.02. The molecule has 106 valence electrons. The average molecular weight is 286 g/mol. The van der Waals surface area contributed by atoms with E-state index in [1.54, 1.807) is 0 Å². The van der Waals surface area contributed by atoms with Crippen LogP contribution in [0.3, 0.4) is 0 Å². The van der Waals surface area contributed by atoms with E-state index in [0.29, 0.717) is 25.0 Å². The smallest absolute Gasteiger partial charge is 0.328 e. The predicted octanol–water partition coefficient (Wildman–Crippen LogP) is 1.20. The van der Waals surface area contributed by atoms with Crippen LogP contribution in [0, 0.1) is 0 Å². The number of carboxylic acid groups (broad SMARTS) is 1. The maximum atomic E-state index is 12.3. The Balaban J connectivity index is 2.64. The van der Waals surface area contributed by atoms with Crippen LogP contribution in [0.25, 0.3) is 0 Å². The van der Waals surface area contributed by atoms with Crippen molar-refractivity contribution < 1.29 is 15.0 Å². The van der Waals surface area contributed by atoms with Crippen molar-refractivity contribution in [2.75, 3.05) is 5.75 Å². The minimum Gasteiger partial charge on any atom is -0.493 e. The molecule has 1 aliphatic heterocycles. The summed E-state index contributed by atoms with van der Waals surface area (Å²) in [5.41, 5.74) is -0.0223. The van der Waals surface area contributed by atoms with Crippen molar-refractivity contribution in [2.24, 2.45) is 0 Å². The predicted molar refractivity (Wildman–Crippen MR) is 73.1 cm³/mol. The average Bonchev–Trinajstić information content (AvgIpc) is 2.64. The van der Waals surface area contributed by atoms with E-state index in [1.807, 2.05) is 6.92 Å². The molecule has 0 amide bonds. The number of nitrogens with zero attached hydrogens (tertiary/aromatic N) is 2. The molecule has 2 unspecified atom stereocenters. The van der Waals surface area contributed by atoms with Gasteiger partial charge in [-0.3, -0.25) is 4.79 Å². The topological polar surface area (TPSA) is 84.5 Å². The summed E-state index contributed by atoms with van der Waals surface area (Å²) in [5.74, 6) is -0.808. The van der Waals surface area contributed by atoms with E-state index in [2.05, 4.69) is 12.6 Å². The Morgan fingerprint density at radius 1 is 1.42 bits per heavy atom. The summed E-state index contributed by atoms with van der Waals surface area (Å²) in [6, 6.07) is -0.924. The van der Waals surface area contributed by atoms with Crippen LogP contribution < -0.4 is 5.56 Å². The molecule has 19 heavy (non-hydrogen) atoms. The Bertz CT molecular complexity index is 549. The van der Waals surface area contributed by atoms with Crippen molar-refractivity contribution in [1.29, 1.82) is 0 Å². The van der Waals surface area contributed by atoms with Gasteiger partial charge in [-0.15, -0.1) is 0 Å². The molecule has 7 heteroatoms. The van der Waals surface area contributed by atoms with Gasteiger partial charge in [0, 0.05) is 0 Å². The summed E-state index contributed by atoms with van der Waals surface area (Å²) in [7, 11) is 0. The fraction of sp³-hybridized carbons (Fsp3) is 0.667. The van der Waals surface area contributed by atoms with Crippen LogP contribution in [-0.2, 0) is 11.2 Å². The van der Waals surface area contributed by atoms with Crippen molar-refractivity contribution >= 4 is 18.6 Å². The standard InChI is InChI=1S/C12H18N2O4S/c1-2-7-3-4-9(12(17)18)14-11(16)8(5-6-19)10(15)13(7)14/h7,9,16,19H,2-6H2,1H3,(H,17,18). The molecule has 2 N–H and O–H groups in total. The van der Waals surface area contributed by atoms with Crippen LogP contribution >= 0.6 is 12.6 Å². The van der Waals surface area contributed by atoms with E-state index in [4.69, 9.17) is 0 Å². The molecule has 1 aromatic rings. The van der Waals surface area contributed by atoms with Crippen LogP contribution in [0.2, 0.25) is 0 Å². The SMILES string of the molecule is CCC1CCC(C(=O)O)n2c(O)c(CCS)c(=O)n21. The van der Waals surface area contributed by atoms with Crippen molar-refractivity contribution in [3.8, 4) is 5.88 Å². The van der Waals surface area contributed by atoms with Gasteiger partial charge in [0.05, 0.1) is 11.6 Å². The highest BCUT2D eigenvalue weighted by molar-refractivity contribution is 7.80. The zero-order chi connectivity index (χ0) is 14.2. The molecule has 0 spiro atoms. The number of rotatable bonds is 4. The Labute approximate surface area is 116 Å². The van der Waals surface area contributed by atoms with Gasteiger partial charge >= 0.3 is 5.97 Å². The summed E-state index contributed by atoms with van der Waals surface area (Å²) >= 11 is 4.07. The molecule has 2 atom stereocenters. The normalized spacial score (nSPS) is 22.2. The van der Waals surface area contributed by atoms with Gasteiger partial charge in [-0.05, 0) is 31.4 Å². The molecule has 1 aromatic heterocycles. The van der Waals surface area contributed by atoms with Crippen LogP contribution in [0.1, 0.15) is 43.8 Å². The van der Waals surface area contributed by atoms with Gasteiger partial charge in [0.1, 0.15) is 0 Å². The zero-order valence-corrected chi connectivity index (χ0v) is 11.6. The Morgan fingerprint density at radius 2 is 2.11 bits per heavy atom. The summed E-state index contributed by atoms with van der Waals surface area (Å²) in [4.78, 5) is 23.6. The molecule has 0 saturated carbocycles. The molecule has 0 radical (unpaired) electrons. The second-order valence-electron chi connectivity index (χ2n) is 4.76. The molecule has 0 fully saturated rings. The fourth-order valence-electron chi connectivity index (χ4n) is 2.74. The highest BCUT2D eigenvalue weighted by Crippen LogP contribution is 2.34. The lowest BCUT2D eigenvalue weighted by molar-refractivity contribution is -0.142. The first kappa shape index (κ1) is 14.0.